The van der Waals surface area contributed by atoms with E-state index in [-0.39, 0.29) is 18.3 Å². The summed E-state index contributed by atoms with van der Waals surface area (Å²) in [5, 5.41) is 11.1. The van der Waals surface area contributed by atoms with Crippen molar-refractivity contribution in [1.82, 2.24) is 4.98 Å². The second-order valence-corrected chi connectivity index (χ2v) is 7.98. The molecule has 1 heterocycles. The molecular weight excluding hydrogens is 407 g/mol. The average molecular weight is 428 g/mol. The number of aromatic nitrogens is 1. The van der Waals surface area contributed by atoms with Crippen LogP contribution in [0.3, 0.4) is 0 Å². The molecule has 1 aliphatic rings. The van der Waals surface area contributed by atoms with Gasteiger partial charge in [-0.2, -0.15) is 0 Å². The van der Waals surface area contributed by atoms with Crippen LogP contribution >= 0.6 is 0 Å². The van der Waals surface area contributed by atoms with Gasteiger partial charge < -0.3 is 15.6 Å². The molecule has 0 fully saturated rings. The van der Waals surface area contributed by atoms with E-state index in [0.29, 0.717) is 11.4 Å². The maximum Gasteiger partial charge on any atom is 0.307 e. The second-order valence-electron chi connectivity index (χ2n) is 7.98. The lowest BCUT2D eigenvalue weighted by atomic mass is 9.96. The first-order valence-electron chi connectivity index (χ1n) is 10.4. The lowest BCUT2D eigenvalue weighted by Gasteiger charge is -2.18. The monoisotopic (exact) mass is 428 g/mol. The van der Waals surface area contributed by atoms with E-state index in [1.807, 2.05) is 24.3 Å². The SMILES string of the molecule is Nc1nccc2c(-c3ccc4c(c3)C(Oc3cc(F)ccc3CC(=O)O)CC4)cccc12. The van der Waals surface area contributed by atoms with Crippen molar-refractivity contribution >= 4 is 22.6 Å². The molecule has 1 atom stereocenters. The number of benzene rings is 3. The van der Waals surface area contributed by atoms with Crippen LogP contribution < -0.4 is 10.5 Å². The molecule has 32 heavy (non-hydrogen) atoms. The molecule has 3 N–H and O–H groups in total. The maximum atomic E-state index is 13.9. The Balaban J connectivity index is 1.53. The van der Waals surface area contributed by atoms with E-state index >= 15 is 0 Å². The van der Waals surface area contributed by atoms with E-state index in [1.165, 1.54) is 23.8 Å². The zero-order valence-corrected chi connectivity index (χ0v) is 17.2. The largest absolute Gasteiger partial charge is 0.485 e. The fourth-order valence-corrected chi connectivity index (χ4v) is 4.44. The first-order valence-corrected chi connectivity index (χ1v) is 10.4. The van der Waals surface area contributed by atoms with Crippen LogP contribution in [0.1, 0.15) is 29.2 Å². The summed E-state index contributed by atoms with van der Waals surface area (Å²) in [5.41, 5.74) is 10.8. The first-order chi connectivity index (χ1) is 15.5. The number of fused-ring (bicyclic) bond motifs is 2. The van der Waals surface area contributed by atoms with E-state index in [4.69, 9.17) is 10.5 Å². The molecule has 5 nitrogen and oxygen atoms in total. The number of nitrogen functional groups attached to an aromatic ring is 1. The van der Waals surface area contributed by atoms with Crippen LogP contribution in [-0.2, 0) is 17.6 Å². The Morgan fingerprint density at radius 3 is 2.84 bits per heavy atom. The van der Waals surface area contributed by atoms with Crippen LogP contribution in [0.15, 0.2) is 66.9 Å². The van der Waals surface area contributed by atoms with Gasteiger partial charge in [0.15, 0.2) is 0 Å². The van der Waals surface area contributed by atoms with Gasteiger partial charge in [0.05, 0.1) is 6.42 Å². The smallest absolute Gasteiger partial charge is 0.307 e. The van der Waals surface area contributed by atoms with Crippen molar-refractivity contribution in [1.29, 1.82) is 0 Å². The van der Waals surface area contributed by atoms with Gasteiger partial charge in [-0.1, -0.05) is 36.4 Å². The molecule has 1 aliphatic carbocycles. The minimum absolute atomic E-state index is 0.222. The van der Waals surface area contributed by atoms with Crippen LogP contribution in [0.2, 0.25) is 0 Å². The van der Waals surface area contributed by atoms with Gasteiger partial charge in [-0.3, -0.25) is 4.79 Å². The maximum absolute atomic E-state index is 13.9. The molecule has 6 heteroatoms. The predicted molar refractivity (Wildman–Crippen MR) is 121 cm³/mol. The Morgan fingerprint density at radius 2 is 2.00 bits per heavy atom. The number of nitrogens with zero attached hydrogens (tertiary/aromatic N) is 1. The first kappa shape index (κ1) is 20.0. The highest BCUT2D eigenvalue weighted by Crippen LogP contribution is 2.40. The lowest BCUT2D eigenvalue weighted by Crippen LogP contribution is -2.08. The van der Waals surface area contributed by atoms with E-state index in [9.17, 15) is 14.3 Å². The fourth-order valence-electron chi connectivity index (χ4n) is 4.44. The highest BCUT2D eigenvalue weighted by molar-refractivity contribution is 6.01. The molecule has 0 saturated heterocycles. The third kappa shape index (κ3) is 3.64. The Kier molecular flexibility index (Phi) is 4.98. The topological polar surface area (TPSA) is 85.4 Å². The van der Waals surface area contributed by atoms with Gasteiger partial charge in [0.25, 0.3) is 0 Å². The number of carboxylic acid groups (broad SMARTS) is 1. The number of rotatable bonds is 5. The standard InChI is InChI=1S/C26H21FN2O3/c27-18-8-6-17(13-25(30)31)24(14-18)32-23-9-7-15-4-5-16(12-22(15)23)19-2-1-3-21-20(19)10-11-29-26(21)28/h1-6,8,10-12,14,23H,7,9,13H2,(H2,28,29)(H,30,31). The van der Waals surface area contributed by atoms with E-state index in [0.717, 1.165) is 40.3 Å². The number of halogens is 1. The predicted octanol–water partition coefficient (Wildman–Crippen LogP) is 5.32. The van der Waals surface area contributed by atoms with Crippen LogP contribution in [0.4, 0.5) is 10.2 Å². The van der Waals surface area contributed by atoms with Crippen molar-refractivity contribution in [2.45, 2.75) is 25.4 Å². The normalized spacial score (nSPS) is 15.0. The molecule has 1 aromatic heterocycles. The number of nitrogens with two attached hydrogens (primary N) is 1. The number of carboxylic acids is 1. The van der Waals surface area contributed by atoms with Gasteiger partial charge in [0.1, 0.15) is 23.5 Å². The van der Waals surface area contributed by atoms with Gasteiger partial charge in [0.2, 0.25) is 0 Å². The summed E-state index contributed by atoms with van der Waals surface area (Å²) in [4.78, 5) is 15.4. The summed E-state index contributed by atoms with van der Waals surface area (Å²) in [5.74, 6) is -0.674. The number of aryl methyl sites for hydroxylation is 1. The zero-order chi connectivity index (χ0) is 22.2. The van der Waals surface area contributed by atoms with Gasteiger partial charge >= 0.3 is 5.97 Å². The van der Waals surface area contributed by atoms with Crippen LogP contribution in [0, 0.1) is 5.82 Å². The van der Waals surface area contributed by atoms with Crippen LogP contribution in [0.5, 0.6) is 5.75 Å². The van der Waals surface area contributed by atoms with Crippen molar-refractivity contribution in [3.8, 4) is 16.9 Å². The number of anilines is 1. The zero-order valence-electron chi connectivity index (χ0n) is 17.2. The summed E-state index contributed by atoms with van der Waals surface area (Å²) < 4.78 is 20.1. The van der Waals surface area contributed by atoms with Crippen molar-refractivity contribution in [3.63, 3.8) is 0 Å². The number of aliphatic carboxylic acids is 1. The number of ether oxygens (including phenoxy) is 1. The van der Waals surface area contributed by atoms with Crippen LogP contribution in [0.25, 0.3) is 21.9 Å². The summed E-state index contributed by atoms with van der Waals surface area (Å²) in [6.07, 6.45) is 2.79. The summed E-state index contributed by atoms with van der Waals surface area (Å²) >= 11 is 0. The Hall–Kier alpha value is -3.93. The molecular formula is C26H21FN2O3. The minimum Gasteiger partial charge on any atom is -0.485 e. The number of carbonyl (C=O) groups is 1. The minimum atomic E-state index is -0.986. The van der Waals surface area contributed by atoms with Crippen LogP contribution in [-0.4, -0.2) is 16.1 Å². The number of hydrogen-bond acceptors (Lipinski definition) is 4. The van der Waals surface area contributed by atoms with Gasteiger partial charge in [-0.05, 0) is 58.7 Å². The summed E-state index contributed by atoms with van der Waals surface area (Å²) in [7, 11) is 0. The van der Waals surface area contributed by atoms with E-state index in [1.54, 1.807) is 6.20 Å². The molecule has 4 aromatic rings. The van der Waals surface area contributed by atoms with Crippen molar-refractivity contribution in [3.05, 3.63) is 89.4 Å². The van der Waals surface area contributed by atoms with Crippen molar-refractivity contribution < 1.29 is 19.0 Å². The molecule has 0 radical (unpaired) electrons. The number of pyridine rings is 1. The third-order valence-corrected chi connectivity index (χ3v) is 5.96. The fraction of sp³-hybridized carbons (Fsp3) is 0.154. The Labute approximate surface area is 184 Å². The molecule has 5 rings (SSSR count). The van der Waals surface area contributed by atoms with E-state index < -0.39 is 11.8 Å². The molecule has 0 bridgehead atoms. The molecule has 0 amide bonds. The summed E-state index contributed by atoms with van der Waals surface area (Å²) in [6, 6.07) is 18.2. The highest BCUT2D eigenvalue weighted by Gasteiger charge is 2.26. The quantitative estimate of drug-likeness (QED) is 0.450. The molecule has 0 spiro atoms. The Morgan fingerprint density at radius 1 is 1.12 bits per heavy atom. The van der Waals surface area contributed by atoms with Gasteiger partial charge in [0, 0.05) is 23.2 Å². The van der Waals surface area contributed by atoms with Gasteiger partial charge in [-0.25, -0.2) is 9.37 Å². The average Bonchev–Trinajstić information content (AvgIpc) is 3.17. The van der Waals surface area contributed by atoms with Crippen molar-refractivity contribution in [2.75, 3.05) is 5.73 Å². The molecule has 0 aliphatic heterocycles. The molecule has 0 saturated carbocycles. The lowest BCUT2D eigenvalue weighted by molar-refractivity contribution is -0.136. The summed E-state index contributed by atoms with van der Waals surface area (Å²) in [6.45, 7) is 0. The van der Waals surface area contributed by atoms with Crippen molar-refractivity contribution in [2.24, 2.45) is 0 Å². The highest BCUT2D eigenvalue weighted by atomic mass is 19.1. The van der Waals surface area contributed by atoms with E-state index in [2.05, 4.69) is 23.2 Å². The molecule has 160 valence electrons. The third-order valence-electron chi connectivity index (χ3n) is 5.96. The molecule has 1 unspecified atom stereocenters. The molecule has 3 aromatic carbocycles. The van der Waals surface area contributed by atoms with Gasteiger partial charge in [-0.15, -0.1) is 0 Å². The second kappa shape index (κ2) is 7.96. The number of hydrogen-bond donors (Lipinski definition) is 2. The Bertz CT molecular complexity index is 1350.